The highest BCUT2D eigenvalue weighted by molar-refractivity contribution is 6.01. The number of aryl methyl sites for hydroxylation is 1. The molecular formula is C23H25N3O2. The van der Waals surface area contributed by atoms with Crippen LogP contribution < -0.4 is 4.90 Å². The smallest absolute Gasteiger partial charge is 0.253 e. The summed E-state index contributed by atoms with van der Waals surface area (Å²) in [5, 5.41) is 0. The number of hydrogen-bond acceptors (Lipinski definition) is 3. The van der Waals surface area contributed by atoms with Gasteiger partial charge in [0.05, 0.1) is 5.69 Å². The van der Waals surface area contributed by atoms with E-state index in [1.807, 2.05) is 28.0 Å². The van der Waals surface area contributed by atoms with E-state index in [4.69, 9.17) is 0 Å². The molecule has 2 amide bonds. The summed E-state index contributed by atoms with van der Waals surface area (Å²) in [6, 6.07) is 14.6. The Balaban J connectivity index is 1.27. The predicted octanol–water partition coefficient (Wildman–Crippen LogP) is 2.48. The largest absolute Gasteiger partial charge is 0.336 e. The second kappa shape index (κ2) is 7.06. The average Bonchev–Trinajstić information content (AvgIpc) is 3.17. The van der Waals surface area contributed by atoms with Crippen molar-refractivity contribution in [3.63, 3.8) is 0 Å². The fraction of sp³-hybridized carbons (Fsp3) is 0.391. The van der Waals surface area contributed by atoms with E-state index in [1.165, 1.54) is 11.1 Å². The summed E-state index contributed by atoms with van der Waals surface area (Å²) in [7, 11) is 0. The summed E-state index contributed by atoms with van der Waals surface area (Å²) in [4.78, 5) is 31.5. The standard InChI is InChI=1S/C23H25N3O2/c27-21-7-6-18-14-20(15-19-8-9-26(21)22(18)19)23(28)25-12-10-24(11-13-25)16-17-4-2-1-3-5-17/h1-5,14-15H,6-13,16H2. The van der Waals surface area contributed by atoms with Gasteiger partial charge in [0.1, 0.15) is 0 Å². The number of hydrogen-bond donors (Lipinski definition) is 0. The Labute approximate surface area is 165 Å². The first-order valence-corrected chi connectivity index (χ1v) is 10.2. The number of rotatable bonds is 3. The molecule has 3 heterocycles. The van der Waals surface area contributed by atoms with E-state index in [-0.39, 0.29) is 11.8 Å². The second-order valence-electron chi connectivity index (χ2n) is 7.99. The molecule has 0 unspecified atom stereocenters. The fourth-order valence-electron chi connectivity index (χ4n) is 4.71. The van der Waals surface area contributed by atoms with E-state index in [2.05, 4.69) is 29.2 Å². The van der Waals surface area contributed by atoms with E-state index < -0.39 is 0 Å². The molecule has 3 aliphatic heterocycles. The molecule has 5 rings (SSSR count). The normalized spacial score (nSPS) is 19.1. The van der Waals surface area contributed by atoms with Gasteiger partial charge in [-0.15, -0.1) is 0 Å². The maximum atomic E-state index is 13.1. The molecule has 2 aromatic rings. The van der Waals surface area contributed by atoms with E-state index in [0.29, 0.717) is 6.42 Å². The van der Waals surface area contributed by atoms with Gasteiger partial charge in [0.2, 0.25) is 5.91 Å². The van der Waals surface area contributed by atoms with Crippen LogP contribution in [0.25, 0.3) is 0 Å². The molecule has 0 spiro atoms. The zero-order valence-electron chi connectivity index (χ0n) is 16.1. The molecule has 2 aromatic carbocycles. The van der Waals surface area contributed by atoms with Crippen molar-refractivity contribution in [3.05, 3.63) is 64.7 Å². The predicted molar refractivity (Wildman–Crippen MR) is 108 cm³/mol. The molecule has 1 saturated heterocycles. The highest BCUT2D eigenvalue weighted by Crippen LogP contribution is 2.37. The lowest BCUT2D eigenvalue weighted by atomic mass is 9.96. The van der Waals surface area contributed by atoms with Gasteiger partial charge in [0.15, 0.2) is 0 Å². The maximum absolute atomic E-state index is 13.1. The van der Waals surface area contributed by atoms with Crippen molar-refractivity contribution in [3.8, 4) is 0 Å². The number of amides is 2. The lowest BCUT2D eigenvalue weighted by Crippen LogP contribution is -2.48. The van der Waals surface area contributed by atoms with Crippen molar-refractivity contribution in [1.82, 2.24) is 9.80 Å². The SMILES string of the molecule is O=C(c1cc2c3c(c1)CCN3C(=O)CC2)N1CCN(Cc2ccccc2)CC1. The van der Waals surface area contributed by atoms with Gasteiger partial charge in [-0.05, 0) is 41.7 Å². The highest BCUT2D eigenvalue weighted by atomic mass is 16.2. The molecule has 0 aromatic heterocycles. The Morgan fingerprint density at radius 1 is 0.857 bits per heavy atom. The molecule has 3 aliphatic rings. The van der Waals surface area contributed by atoms with Gasteiger partial charge < -0.3 is 9.80 Å². The van der Waals surface area contributed by atoms with Gasteiger partial charge in [0.25, 0.3) is 5.91 Å². The van der Waals surface area contributed by atoms with E-state index in [1.54, 1.807) is 0 Å². The first-order chi connectivity index (χ1) is 13.7. The van der Waals surface area contributed by atoms with Crippen LogP contribution >= 0.6 is 0 Å². The molecule has 5 heteroatoms. The average molecular weight is 375 g/mol. The number of carbonyl (C=O) groups excluding carboxylic acids is 2. The first-order valence-electron chi connectivity index (χ1n) is 10.2. The van der Waals surface area contributed by atoms with Crippen molar-refractivity contribution in [2.24, 2.45) is 0 Å². The minimum Gasteiger partial charge on any atom is -0.336 e. The van der Waals surface area contributed by atoms with Crippen LogP contribution in [0.2, 0.25) is 0 Å². The van der Waals surface area contributed by atoms with Crippen LogP contribution in [0.5, 0.6) is 0 Å². The quantitative estimate of drug-likeness (QED) is 0.828. The second-order valence-corrected chi connectivity index (χ2v) is 7.99. The molecule has 0 N–H and O–H groups in total. The Hall–Kier alpha value is -2.66. The third-order valence-electron chi connectivity index (χ3n) is 6.21. The number of carbonyl (C=O) groups is 2. The summed E-state index contributed by atoms with van der Waals surface area (Å²) >= 11 is 0. The lowest BCUT2D eigenvalue weighted by molar-refractivity contribution is -0.118. The van der Waals surface area contributed by atoms with Gasteiger partial charge >= 0.3 is 0 Å². The van der Waals surface area contributed by atoms with Crippen molar-refractivity contribution in [2.45, 2.75) is 25.8 Å². The van der Waals surface area contributed by atoms with Crippen molar-refractivity contribution in [2.75, 3.05) is 37.6 Å². The number of benzene rings is 2. The maximum Gasteiger partial charge on any atom is 0.253 e. The number of anilines is 1. The summed E-state index contributed by atoms with van der Waals surface area (Å²) < 4.78 is 0. The van der Waals surface area contributed by atoms with E-state index in [0.717, 1.165) is 68.9 Å². The van der Waals surface area contributed by atoms with Gasteiger partial charge in [-0.3, -0.25) is 14.5 Å². The van der Waals surface area contributed by atoms with Gasteiger partial charge in [0, 0.05) is 51.3 Å². The minimum absolute atomic E-state index is 0.133. The van der Waals surface area contributed by atoms with Gasteiger partial charge in [-0.25, -0.2) is 0 Å². The molecule has 0 saturated carbocycles. The summed E-state index contributed by atoms with van der Waals surface area (Å²) in [6.07, 6.45) is 2.17. The molecule has 0 radical (unpaired) electrons. The molecule has 1 fully saturated rings. The third-order valence-corrected chi connectivity index (χ3v) is 6.21. The Morgan fingerprint density at radius 3 is 2.32 bits per heavy atom. The first kappa shape index (κ1) is 17.4. The van der Waals surface area contributed by atoms with Crippen LogP contribution in [0, 0.1) is 0 Å². The lowest BCUT2D eigenvalue weighted by Gasteiger charge is -2.35. The van der Waals surface area contributed by atoms with Gasteiger partial charge in [-0.1, -0.05) is 30.3 Å². The summed E-state index contributed by atoms with van der Waals surface area (Å²) in [5.41, 5.74) is 5.53. The van der Waals surface area contributed by atoms with Crippen LogP contribution in [0.3, 0.4) is 0 Å². The van der Waals surface area contributed by atoms with Crippen molar-refractivity contribution >= 4 is 17.5 Å². The van der Waals surface area contributed by atoms with E-state index in [9.17, 15) is 9.59 Å². The molecular weight excluding hydrogens is 350 g/mol. The summed E-state index contributed by atoms with van der Waals surface area (Å²) in [6.45, 7) is 5.04. The fourth-order valence-corrected chi connectivity index (χ4v) is 4.71. The van der Waals surface area contributed by atoms with Crippen molar-refractivity contribution in [1.29, 1.82) is 0 Å². The monoisotopic (exact) mass is 375 g/mol. The molecule has 0 bridgehead atoms. The Morgan fingerprint density at radius 2 is 1.57 bits per heavy atom. The molecule has 28 heavy (non-hydrogen) atoms. The molecule has 144 valence electrons. The zero-order valence-corrected chi connectivity index (χ0v) is 16.1. The zero-order chi connectivity index (χ0) is 19.1. The van der Waals surface area contributed by atoms with Crippen LogP contribution in [0.15, 0.2) is 42.5 Å². The topological polar surface area (TPSA) is 43.9 Å². The van der Waals surface area contributed by atoms with Crippen LogP contribution in [0.1, 0.15) is 33.5 Å². The van der Waals surface area contributed by atoms with E-state index >= 15 is 0 Å². The third kappa shape index (κ3) is 3.10. The Kier molecular flexibility index (Phi) is 4.40. The number of nitrogens with zero attached hydrogens (tertiary/aromatic N) is 3. The molecule has 0 aliphatic carbocycles. The minimum atomic E-state index is 0.133. The Bertz CT molecular complexity index is 917. The number of piperazine rings is 1. The molecule has 5 nitrogen and oxygen atoms in total. The van der Waals surface area contributed by atoms with Gasteiger partial charge in [-0.2, -0.15) is 0 Å². The van der Waals surface area contributed by atoms with Crippen molar-refractivity contribution < 1.29 is 9.59 Å². The molecule has 0 atom stereocenters. The summed E-state index contributed by atoms with van der Waals surface area (Å²) in [5.74, 6) is 0.355. The van der Waals surface area contributed by atoms with Crippen LogP contribution in [0.4, 0.5) is 5.69 Å². The van der Waals surface area contributed by atoms with Crippen LogP contribution in [-0.2, 0) is 24.2 Å². The highest BCUT2D eigenvalue weighted by Gasteiger charge is 2.33. The van der Waals surface area contributed by atoms with Crippen LogP contribution in [-0.4, -0.2) is 54.3 Å².